The van der Waals surface area contributed by atoms with Gasteiger partial charge in [-0.15, -0.1) is 12.4 Å². The van der Waals surface area contributed by atoms with Crippen molar-refractivity contribution in [2.24, 2.45) is 11.3 Å². The molecule has 0 radical (unpaired) electrons. The number of benzene rings is 1. The third-order valence-electron chi connectivity index (χ3n) is 6.72. The number of piperidine rings is 1. The molecule has 3 aliphatic carbocycles. The van der Waals surface area contributed by atoms with Crippen molar-refractivity contribution in [3.63, 3.8) is 0 Å². The molecule has 4 heteroatoms. The highest BCUT2D eigenvalue weighted by molar-refractivity contribution is 5.85. The van der Waals surface area contributed by atoms with Crippen LogP contribution < -0.4 is 5.32 Å². The van der Waals surface area contributed by atoms with Gasteiger partial charge in [0.2, 0.25) is 5.91 Å². The molecule has 1 saturated heterocycles. The first kappa shape index (κ1) is 16.4. The van der Waals surface area contributed by atoms with Crippen molar-refractivity contribution in [1.82, 2.24) is 10.2 Å². The fourth-order valence-electron chi connectivity index (χ4n) is 5.12. The molecular formula is C20H27ClN2O. The molecule has 1 N–H and O–H groups in total. The molecule has 3 nitrogen and oxygen atoms in total. The summed E-state index contributed by atoms with van der Waals surface area (Å²) in [5, 5.41) is 3.45. The van der Waals surface area contributed by atoms with E-state index >= 15 is 0 Å². The van der Waals surface area contributed by atoms with Gasteiger partial charge in [-0.05, 0) is 74.6 Å². The Labute approximate surface area is 150 Å². The molecule has 130 valence electrons. The standard InChI is InChI=1S/C20H26N2O.ClH/c23-19(17-13-20(17)9-11-21-12-10-20)22(15-6-7-15)18-8-5-14-3-1-2-4-16(14)18;/h1-4,15,17-18,21H,5-13H2;1H. The average molecular weight is 347 g/mol. The molecule has 1 aliphatic heterocycles. The van der Waals surface area contributed by atoms with Gasteiger partial charge >= 0.3 is 0 Å². The van der Waals surface area contributed by atoms with E-state index in [4.69, 9.17) is 0 Å². The van der Waals surface area contributed by atoms with Crippen LogP contribution in [-0.2, 0) is 11.2 Å². The lowest BCUT2D eigenvalue weighted by atomic mass is 9.91. The molecule has 2 unspecified atom stereocenters. The highest BCUT2D eigenvalue weighted by Crippen LogP contribution is 2.60. The molecule has 1 aromatic rings. The van der Waals surface area contributed by atoms with E-state index in [0.717, 1.165) is 32.4 Å². The minimum atomic E-state index is 0. The number of nitrogens with one attached hydrogen (secondary N) is 1. The summed E-state index contributed by atoms with van der Waals surface area (Å²) in [5.41, 5.74) is 3.24. The van der Waals surface area contributed by atoms with Crippen LogP contribution in [0.2, 0.25) is 0 Å². The molecule has 3 fully saturated rings. The predicted octanol–water partition coefficient (Wildman–Crippen LogP) is 3.48. The minimum absolute atomic E-state index is 0. The van der Waals surface area contributed by atoms with Crippen LogP contribution in [0.5, 0.6) is 0 Å². The van der Waals surface area contributed by atoms with Crippen LogP contribution in [0, 0.1) is 11.3 Å². The van der Waals surface area contributed by atoms with Crippen molar-refractivity contribution in [1.29, 1.82) is 0 Å². The topological polar surface area (TPSA) is 32.3 Å². The molecule has 0 bridgehead atoms. The number of nitrogens with zero attached hydrogens (tertiary/aromatic N) is 1. The van der Waals surface area contributed by atoms with Gasteiger partial charge in [-0.2, -0.15) is 0 Å². The number of carbonyl (C=O) groups is 1. The molecule has 1 aromatic carbocycles. The van der Waals surface area contributed by atoms with Crippen LogP contribution >= 0.6 is 12.4 Å². The molecule has 24 heavy (non-hydrogen) atoms. The Kier molecular flexibility index (Phi) is 4.12. The lowest BCUT2D eigenvalue weighted by Crippen LogP contribution is -2.39. The second kappa shape index (κ2) is 6.03. The predicted molar refractivity (Wildman–Crippen MR) is 97.3 cm³/mol. The van der Waals surface area contributed by atoms with Crippen molar-refractivity contribution >= 4 is 18.3 Å². The lowest BCUT2D eigenvalue weighted by Gasteiger charge is -2.32. The van der Waals surface area contributed by atoms with Gasteiger partial charge in [0.25, 0.3) is 0 Å². The Morgan fingerprint density at radius 1 is 1.12 bits per heavy atom. The summed E-state index contributed by atoms with van der Waals surface area (Å²) in [7, 11) is 0. The maximum Gasteiger partial charge on any atom is 0.227 e. The van der Waals surface area contributed by atoms with E-state index in [-0.39, 0.29) is 12.4 Å². The summed E-state index contributed by atoms with van der Waals surface area (Å²) in [6.45, 7) is 2.19. The molecule has 2 atom stereocenters. The van der Waals surface area contributed by atoms with Crippen LogP contribution in [0.1, 0.15) is 55.7 Å². The highest BCUT2D eigenvalue weighted by Gasteiger charge is 2.60. The maximum absolute atomic E-state index is 13.4. The number of rotatable bonds is 3. The van der Waals surface area contributed by atoms with E-state index in [2.05, 4.69) is 34.5 Å². The van der Waals surface area contributed by atoms with Gasteiger partial charge in [-0.25, -0.2) is 0 Å². The Morgan fingerprint density at radius 3 is 2.62 bits per heavy atom. The summed E-state index contributed by atoms with van der Waals surface area (Å²) in [5.74, 6) is 0.800. The fraction of sp³-hybridized carbons (Fsp3) is 0.650. The van der Waals surface area contributed by atoms with Gasteiger partial charge in [0, 0.05) is 12.0 Å². The quantitative estimate of drug-likeness (QED) is 0.908. The first-order valence-corrected chi connectivity index (χ1v) is 9.39. The van der Waals surface area contributed by atoms with Gasteiger partial charge in [-0.3, -0.25) is 4.79 Å². The fourth-order valence-corrected chi connectivity index (χ4v) is 5.12. The van der Waals surface area contributed by atoms with E-state index in [1.165, 1.54) is 36.8 Å². The van der Waals surface area contributed by atoms with Crippen LogP contribution in [0.15, 0.2) is 24.3 Å². The SMILES string of the molecule is Cl.O=C(C1CC12CCNCC2)N(C1CC1)C1CCc2ccccc21. The number of fused-ring (bicyclic) bond motifs is 1. The average Bonchev–Trinajstić information content (AvgIpc) is 3.49. The van der Waals surface area contributed by atoms with Crippen LogP contribution in [-0.4, -0.2) is 29.9 Å². The first-order chi connectivity index (χ1) is 11.3. The Bertz CT molecular complexity index is 636. The second-order valence-electron chi connectivity index (χ2n) is 8.10. The molecule has 1 heterocycles. The van der Waals surface area contributed by atoms with Gasteiger partial charge in [0.15, 0.2) is 0 Å². The number of carbonyl (C=O) groups excluding carboxylic acids is 1. The normalized spacial score (nSPS) is 29.7. The largest absolute Gasteiger partial charge is 0.332 e. The number of hydrogen-bond donors (Lipinski definition) is 1. The monoisotopic (exact) mass is 346 g/mol. The third-order valence-corrected chi connectivity index (χ3v) is 6.72. The zero-order valence-corrected chi connectivity index (χ0v) is 15.0. The summed E-state index contributed by atoms with van der Waals surface area (Å²) >= 11 is 0. The molecule has 0 aromatic heterocycles. The molecule has 1 amide bonds. The van der Waals surface area contributed by atoms with Crippen LogP contribution in [0.4, 0.5) is 0 Å². The zero-order valence-electron chi connectivity index (χ0n) is 14.2. The van der Waals surface area contributed by atoms with Crippen molar-refractivity contribution in [2.75, 3.05) is 13.1 Å². The minimum Gasteiger partial charge on any atom is -0.332 e. The van der Waals surface area contributed by atoms with Gasteiger partial charge in [0.1, 0.15) is 0 Å². The maximum atomic E-state index is 13.4. The molecule has 5 rings (SSSR count). The number of amides is 1. The van der Waals surface area contributed by atoms with Crippen molar-refractivity contribution in [2.45, 2.75) is 57.0 Å². The molecule has 1 spiro atoms. The number of aryl methyl sites for hydroxylation is 1. The van der Waals surface area contributed by atoms with E-state index in [0.29, 0.717) is 29.3 Å². The summed E-state index contributed by atoms with van der Waals surface area (Å²) in [4.78, 5) is 15.7. The highest BCUT2D eigenvalue weighted by atomic mass is 35.5. The first-order valence-electron chi connectivity index (χ1n) is 9.39. The van der Waals surface area contributed by atoms with E-state index in [1.54, 1.807) is 0 Å². The summed E-state index contributed by atoms with van der Waals surface area (Å²) in [6, 6.07) is 9.65. The molecule has 4 aliphatic rings. The summed E-state index contributed by atoms with van der Waals surface area (Å²) < 4.78 is 0. The smallest absolute Gasteiger partial charge is 0.227 e. The van der Waals surface area contributed by atoms with E-state index < -0.39 is 0 Å². The molecule has 2 saturated carbocycles. The zero-order chi connectivity index (χ0) is 15.4. The number of hydrogen-bond acceptors (Lipinski definition) is 2. The van der Waals surface area contributed by atoms with E-state index in [1.807, 2.05) is 0 Å². The van der Waals surface area contributed by atoms with Gasteiger partial charge in [0.05, 0.1) is 6.04 Å². The Hall–Kier alpha value is -1.06. The Balaban J connectivity index is 0.00000146. The van der Waals surface area contributed by atoms with Gasteiger partial charge < -0.3 is 10.2 Å². The van der Waals surface area contributed by atoms with Crippen molar-refractivity contribution < 1.29 is 4.79 Å². The molecular weight excluding hydrogens is 320 g/mol. The number of halogens is 1. The second-order valence-corrected chi connectivity index (χ2v) is 8.10. The lowest BCUT2D eigenvalue weighted by molar-refractivity contribution is -0.137. The Morgan fingerprint density at radius 2 is 1.88 bits per heavy atom. The van der Waals surface area contributed by atoms with Crippen molar-refractivity contribution in [3.8, 4) is 0 Å². The summed E-state index contributed by atoms with van der Waals surface area (Å²) in [6.07, 6.45) is 8.23. The van der Waals surface area contributed by atoms with E-state index in [9.17, 15) is 4.79 Å². The third kappa shape index (κ3) is 2.57. The van der Waals surface area contributed by atoms with Gasteiger partial charge in [-0.1, -0.05) is 24.3 Å². The van der Waals surface area contributed by atoms with Crippen molar-refractivity contribution in [3.05, 3.63) is 35.4 Å². The van der Waals surface area contributed by atoms with Crippen LogP contribution in [0.25, 0.3) is 0 Å². The van der Waals surface area contributed by atoms with Crippen LogP contribution in [0.3, 0.4) is 0 Å².